The van der Waals surface area contributed by atoms with E-state index in [2.05, 4.69) is 25.8 Å². The SMILES string of the molecule is CC(C)C(=O)NCCN[C@@H](C)C(=O)N[C@@H](C)C(=O)Nc1cccc(Cc2ccc([C@@H]3O[C@@H]4C[C@H]5[C@@H]6C[C@H](F)C7=CC(=O)C=C[C@]7(C)[C@@]6(F)[C@@H](O)C[C@]5(C)[C@]4(C(=O)COP(=O)(O)O)O3)cc2)c1. The van der Waals surface area contributed by atoms with Gasteiger partial charge in [-0.25, -0.2) is 13.3 Å². The summed E-state index contributed by atoms with van der Waals surface area (Å²) in [5.41, 5.74) is -4.89. The number of carbonyl (C=O) groups is 5. The second-order valence-corrected chi connectivity index (χ2v) is 20.3. The molecule has 0 bridgehead atoms. The van der Waals surface area contributed by atoms with Gasteiger partial charge in [0, 0.05) is 47.0 Å². The molecule has 4 fully saturated rings. The molecule has 1 heterocycles. The van der Waals surface area contributed by atoms with Gasteiger partial charge < -0.3 is 45.6 Å². The predicted octanol–water partition coefficient (Wildman–Crippen LogP) is 4.23. The van der Waals surface area contributed by atoms with Gasteiger partial charge in [0.2, 0.25) is 17.7 Å². The Balaban J connectivity index is 1.03. The Morgan fingerprint density at radius 1 is 0.939 bits per heavy atom. The van der Waals surface area contributed by atoms with Gasteiger partial charge in [-0.3, -0.25) is 28.5 Å². The zero-order valence-corrected chi connectivity index (χ0v) is 38.6. The second kappa shape index (κ2) is 18.5. The van der Waals surface area contributed by atoms with E-state index in [1.165, 1.54) is 19.1 Å². The number of nitrogens with one attached hydrogen (secondary N) is 4. The van der Waals surface area contributed by atoms with Crippen molar-refractivity contribution >= 4 is 42.8 Å². The molecule has 358 valence electrons. The highest BCUT2D eigenvalue weighted by molar-refractivity contribution is 7.46. The maximum Gasteiger partial charge on any atom is 0.470 e. The highest BCUT2D eigenvalue weighted by atomic mass is 31.2. The Morgan fingerprint density at radius 3 is 2.33 bits per heavy atom. The summed E-state index contributed by atoms with van der Waals surface area (Å²) in [6.07, 6.45) is -2.51. The number of amides is 3. The van der Waals surface area contributed by atoms with E-state index < -0.39 is 103 Å². The first-order valence-electron chi connectivity index (χ1n) is 22.3. The molecule has 12 atom stereocenters. The van der Waals surface area contributed by atoms with Crippen LogP contribution in [0.1, 0.15) is 83.8 Å². The zero-order valence-electron chi connectivity index (χ0n) is 37.7. The number of benzene rings is 2. The molecule has 1 aliphatic heterocycles. The van der Waals surface area contributed by atoms with Crippen molar-refractivity contribution in [2.24, 2.45) is 28.6 Å². The van der Waals surface area contributed by atoms with Gasteiger partial charge in [0.15, 0.2) is 29.1 Å². The number of phosphoric ester groups is 1. The van der Waals surface area contributed by atoms with Crippen LogP contribution < -0.4 is 21.3 Å². The quantitative estimate of drug-likeness (QED) is 0.0923. The summed E-state index contributed by atoms with van der Waals surface area (Å²) in [4.78, 5) is 83.3. The molecule has 2 aromatic rings. The van der Waals surface area contributed by atoms with Crippen molar-refractivity contribution in [3.63, 3.8) is 0 Å². The highest BCUT2D eigenvalue weighted by Gasteiger charge is 2.80. The molecule has 19 heteroatoms. The van der Waals surface area contributed by atoms with E-state index >= 15 is 8.78 Å². The van der Waals surface area contributed by atoms with Crippen molar-refractivity contribution in [3.05, 3.63) is 89.0 Å². The molecule has 5 aliphatic rings. The Hall–Kier alpha value is -4.52. The van der Waals surface area contributed by atoms with E-state index in [1.807, 2.05) is 18.2 Å². The lowest BCUT2D eigenvalue weighted by atomic mass is 9.44. The van der Waals surface area contributed by atoms with Crippen molar-refractivity contribution in [1.29, 1.82) is 0 Å². The normalized spacial score (nSPS) is 33.2. The lowest BCUT2D eigenvalue weighted by Gasteiger charge is -2.63. The minimum Gasteiger partial charge on any atom is -0.390 e. The van der Waals surface area contributed by atoms with Gasteiger partial charge in [0.05, 0.1) is 18.2 Å². The van der Waals surface area contributed by atoms with Crippen LogP contribution in [0.3, 0.4) is 0 Å². The number of aliphatic hydroxyl groups excluding tert-OH is 1. The molecule has 2 aromatic carbocycles. The molecule has 16 nitrogen and oxygen atoms in total. The second-order valence-electron chi connectivity index (χ2n) is 19.1. The maximum absolute atomic E-state index is 17.9. The summed E-state index contributed by atoms with van der Waals surface area (Å²) in [6.45, 7) is 9.55. The number of ketones is 2. The molecule has 0 spiro atoms. The predicted molar refractivity (Wildman–Crippen MR) is 236 cm³/mol. The summed E-state index contributed by atoms with van der Waals surface area (Å²) in [5, 5.41) is 23.2. The molecule has 0 radical (unpaired) electrons. The fourth-order valence-electron chi connectivity index (χ4n) is 11.1. The Labute approximate surface area is 381 Å². The van der Waals surface area contributed by atoms with Crippen molar-refractivity contribution in [3.8, 4) is 0 Å². The van der Waals surface area contributed by atoms with Gasteiger partial charge in [-0.2, -0.15) is 0 Å². The summed E-state index contributed by atoms with van der Waals surface area (Å²) >= 11 is 0. The van der Waals surface area contributed by atoms with Crippen LogP contribution in [0.5, 0.6) is 0 Å². The van der Waals surface area contributed by atoms with E-state index in [9.17, 15) is 43.4 Å². The number of fused-ring (bicyclic) bond motifs is 7. The third-order valence-electron chi connectivity index (χ3n) is 14.5. The van der Waals surface area contributed by atoms with Gasteiger partial charge in [-0.1, -0.05) is 63.2 Å². The van der Waals surface area contributed by atoms with E-state index in [0.29, 0.717) is 30.8 Å². The Kier molecular flexibility index (Phi) is 13.9. The molecule has 1 saturated heterocycles. The van der Waals surface area contributed by atoms with Crippen LogP contribution in [0, 0.1) is 28.6 Å². The largest absolute Gasteiger partial charge is 0.470 e. The monoisotopic (exact) mass is 940 g/mol. The van der Waals surface area contributed by atoms with E-state index in [4.69, 9.17) is 9.47 Å². The highest BCUT2D eigenvalue weighted by Crippen LogP contribution is 2.72. The van der Waals surface area contributed by atoms with Gasteiger partial charge in [0.1, 0.15) is 18.8 Å². The van der Waals surface area contributed by atoms with Crippen LogP contribution in [0.2, 0.25) is 0 Å². The first-order valence-corrected chi connectivity index (χ1v) is 23.8. The summed E-state index contributed by atoms with van der Waals surface area (Å²) in [6, 6.07) is 12.8. The fraction of sp³-hybridized carbons (Fsp3) is 0.553. The van der Waals surface area contributed by atoms with Crippen molar-refractivity contribution < 1.29 is 66.2 Å². The topological polar surface area (TPSA) is 239 Å². The summed E-state index contributed by atoms with van der Waals surface area (Å²) < 4.78 is 63.5. The van der Waals surface area contributed by atoms with Crippen molar-refractivity contribution in [2.75, 3.05) is 25.0 Å². The van der Waals surface area contributed by atoms with Crippen molar-refractivity contribution in [1.82, 2.24) is 16.0 Å². The third kappa shape index (κ3) is 8.98. The molecular formula is C47H59F2N4O12P. The molecule has 7 N–H and O–H groups in total. The number of carbonyl (C=O) groups excluding carboxylic acids is 5. The molecule has 7 rings (SSSR count). The summed E-state index contributed by atoms with van der Waals surface area (Å²) in [7, 11) is -5.15. The van der Waals surface area contributed by atoms with Gasteiger partial charge in [0.25, 0.3) is 0 Å². The molecule has 0 unspecified atom stereocenters. The number of hydrogen-bond acceptors (Lipinski definition) is 11. The summed E-state index contributed by atoms with van der Waals surface area (Å²) in [5.74, 6) is -4.38. The number of anilines is 1. The molecule has 0 aromatic heterocycles. The zero-order chi connectivity index (χ0) is 48.1. The first-order chi connectivity index (χ1) is 30.9. The smallest absolute Gasteiger partial charge is 0.390 e. The molecule has 4 aliphatic carbocycles. The number of ether oxygens (including phenoxy) is 2. The number of rotatable bonds is 16. The standard InChI is InChI=1S/C47H59F2N4O12P/c1-25(2)40(57)51-17-16-50-26(3)41(58)52-27(4)42(59)53-31-9-7-8-29(19-31)18-28-10-12-30(13-11-28)43-64-39-22-33-34-21-36(48)35-20-32(54)14-15-44(35,5)46(34,49)37(55)23-45(33,6)47(39,65-43)38(56)24-63-66(60,61)62/h7-15,19-20,25-27,33-34,36-37,39,43,50,55H,16-18,21-24H2,1-6H3,(H,51,57)(H,52,58)(H,53,59)(H2,60,61,62)/t26-,27-,33-,34-,36-,37-,39+,43+,44-,45-,46-,47+/m0/s1. The van der Waals surface area contributed by atoms with Crippen LogP contribution in [0.4, 0.5) is 14.5 Å². The first kappa shape index (κ1) is 49.4. The number of allylic oxidation sites excluding steroid dienone is 4. The van der Waals surface area contributed by atoms with Crippen LogP contribution in [-0.2, 0) is 49.0 Å². The van der Waals surface area contributed by atoms with Gasteiger partial charge in [-0.15, -0.1) is 0 Å². The van der Waals surface area contributed by atoms with Crippen LogP contribution in [0.25, 0.3) is 0 Å². The van der Waals surface area contributed by atoms with Crippen LogP contribution >= 0.6 is 7.82 Å². The molecule has 3 amide bonds. The van der Waals surface area contributed by atoms with E-state index in [1.54, 1.807) is 65.0 Å². The Morgan fingerprint density at radius 2 is 1.65 bits per heavy atom. The lowest BCUT2D eigenvalue weighted by molar-refractivity contribution is -0.235. The maximum atomic E-state index is 17.9. The third-order valence-corrected chi connectivity index (χ3v) is 15.0. The molecule has 3 saturated carbocycles. The number of aliphatic hydroxyl groups is 1. The van der Waals surface area contributed by atoms with E-state index in [0.717, 1.165) is 17.2 Å². The fourth-order valence-corrected chi connectivity index (χ4v) is 11.3. The number of halogens is 2. The van der Waals surface area contributed by atoms with Crippen LogP contribution in [-0.4, -0.2) is 106 Å². The molecular weight excluding hydrogens is 882 g/mol. The Bertz CT molecular complexity index is 2360. The average molecular weight is 941 g/mol. The number of phosphoric acid groups is 1. The van der Waals surface area contributed by atoms with E-state index in [-0.39, 0.29) is 42.6 Å². The number of alkyl halides is 2. The van der Waals surface area contributed by atoms with Gasteiger partial charge >= 0.3 is 7.82 Å². The number of hydrogen-bond donors (Lipinski definition) is 7. The van der Waals surface area contributed by atoms with Gasteiger partial charge in [-0.05, 0) is 93.4 Å². The molecule has 66 heavy (non-hydrogen) atoms. The number of Topliss-reactive ketones (excluding diaryl/α,β-unsaturated/α-hetero) is 1. The minimum absolute atomic E-state index is 0.00467. The van der Waals surface area contributed by atoms with Crippen molar-refractivity contribution in [2.45, 2.75) is 115 Å². The lowest BCUT2D eigenvalue weighted by Crippen LogP contribution is -2.70. The minimum atomic E-state index is -5.15. The average Bonchev–Trinajstić information content (AvgIpc) is 3.76. The van der Waals surface area contributed by atoms with Crippen LogP contribution in [0.15, 0.2) is 72.3 Å².